The minimum absolute atomic E-state index is 0.0374. The molecule has 0 aliphatic carbocycles. The van der Waals surface area contributed by atoms with Gasteiger partial charge in [-0.2, -0.15) is 21.6 Å². The molecule has 0 amide bonds. The van der Waals surface area contributed by atoms with Gasteiger partial charge in [-0.3, -0.25) is 4.55 Å². The number of ether oxygens (including phenoxy) is 1. The van der Waals surface area contributed by atoms with Crippen molar-refractivity contribution >= 4 is 27.0 Å². The summed E-state index contributed by atoms with van der Waals surface area (Å²) in [6.07, 6.45) is 5.75. The molecule has 1 rings (SSSR count). The Morgan fingerprint density at radius 2 is 2.00 bits per heavy atom. The first-order chi connectivity index (χ1) is 10.0. The summed E-state index contributed by atoms with van der Waals surface area (Å²) >= 11 is 0. The Bertz CT molecular complexity index is 462. The summed E-state index contributed by atoms with van der Waals surface area (Å²) < 4.78 is 62.5. The second kappa shape index (κ2) is 9.41. The number of alkyl halides is 3. The molecule has 1 N–H and O–H groups in total. The second-order valence-electron chi connectivity index (χ2n) is 4.38. The zero-order chi connectivity index (χ0) is 17.4. The fraction of sp³-hybridized carbons (Fsp3) is 0.750. The number of carbonyl (C=O) groups is 1. The Kier molecular flexibility index (Phi) is 9.09. The van der Waals surface area contributed by atoms with Crippen LogP contribution < -0.4 is 0 Å². The van der Waals surface area contributed by atoms with Gasteiger partial charge in [0, 0.05) is 10.9 Å². The lowest BCUT2D eigenvalue weighted by atomic mass is 10.2. The zero-order valence-corrected chi connectivity index (χ0v) is 13.8. The predicted molar refractivity (Wildman–Crippen MR) is 79.2 cm³/mol. The van der Waals surface area contributed by atoms with Crippen LogP contribution in [0.4, 0.5) is 13.2 Å². The highest BCUT2D eigenvalue weighted by Gasteiger charge is 2.44. The smallest absolute Gasteiger partial charge is 0.463 e. The van der Waals surface area contributed by atoms with E-state index in [-0.39, 0.29) is 16.9 Å². The van der Waals surface area contributed by atoms with Gasteiger partial charge in [-0.25, -0.2) is 4.79 Å². The van der Waals surface area contributed by atoms with Crippen LogP contribution in [0.15, 0.2) is 12.7 Å². The molecule has 0 aromatic heterocycles. The first-order valence-electron chi connectivity index (χ1n) is 6.51. The summed E-state index contributed by atoms with van der Waals surface area (Å²) in [5.41, 5.74) is -5.53. The third kappa shape index (κ3) is 8.04. The van der Waals surface area contributed by atoms with E-state index in [0.29, 0.717) is 17.6 Å². The van der Waals surface area contributed by atoms with Crippen molar-refractivity contribution in [1.29, 1.82) is 0 Å². The molecule has 130 valence electrons. The molecule has 2 unspecified atom stereocenters. The lowest BCUT2D eigenvalue weighted by molar-refractivity contribution is -0.139. The van der Waals surface area contributed by atoms with Gasteiger partial charge in [-0.1, -0.05) is 6.58 Å². The maximum absolute atomic E-state index is 11.3. The lowest BCUT2D eigenvalue weighted by Gasteiger charge is -2.20. The molecule has 10 heteroatoms. The van der Waals surface area contributed by atoms with Crippen LogP contribution in [0.3, 0.4) is 0 Å². The zero-order valence-electron chi connectivity index (χ0n) is 12.1. The molecule has 1 saturated heterocycles. The monoisotopic (exact) mass is 365 g/mol. The van der Waals surface area contributed by atoms with E-state index in [1.54, 1.807) is 0 Å². The van der Waals surface area contributed by atoms with Gasteiger partial charge >= 0.3 is 21.6 Å². The van der Waals surface area contributed by atoms with Crippen LogP contribution in [0.25, 0.3) is 0 Å². The highest BCUT2D eigenvalue weighted by Crippen LogP contribution is 2.22. The van der Waals surface area contributed by atoms with Crippen LogP contribution in [0.5, 0.6) is 0 Å². The van der Waals surface area contributed by atoms with Gasteiger partial charge in [0.1, 0.15) is 11.0 Å². The molecule has 5 nitrogen and oxygen atoms in total. The number of rotatable bonds is 4. The third-order valence-electron chi connectivity index (χ3n) is 2.74. The van der Waals surface area contributed by atoms with E-state index in [2.05, 4.69) is 6.58 Å². The molecular formula is C12H20F3O5S2+. The van der Waals surface area contributed by atoms with Gasteiger partial charge in [0.05, 0.1) is 6.61 Å². The summed E-state index contributed by atoms with van der Waals surface area (Å²) in [5.74, 6) is 1.74. The molecule has 1 aliphatic rings. The molecular weight excluding hydrogens is 345 g/mol. The molecule has 1 aliphatic heterocycles. The highest BCUT2D eigenvalue weighted by molar-refractivity contribution is 7.98. The van der Waals surface area contributed by atoms with Crippen molar-refractivity contribution in [2.75, 3.05) is 18.1 Å². The van der Waals surface area contributed by atoms with Crippen LogP contribution in [-0.2, 0) is 30.5 Å². The van der Waals surface area contributed by atoms with Crippen LogP contribution in [0.1, 0.15) is 26.2 Å². The first kappa shape index (κ1) is 21.3. The second-order valence-corrected chi connectivity index (χ2v) is 8.17. The van der Waals surface area contributed by atoms with Crippen molar-refractivity contribution in [1.82, 2.24) is 0 Å². The van der Waals surface area contributed by atoms with Crippen molar-refractivity contribution in [2.24, 2.45) is 0 Å². The predicted octanol–water partition coefficient (Wildman–Crippen LogP) is 2.30. The van der Waals surface area contributed by atoms with Crippen molar-refractivity contribution in [2.45, 2.75) is 36.9 Å². The van der Waals surface area contributed by atoms with Crippen LogP contribution in [0, 0.1) is 0 Å². The van der Waals surface area contributed by atoms with Crippen LogP contribution in [0.2, 0.25) is 0 Å². The summed E-state index contributed by atoms with van der Waals surface area (Å²) in [7, 11) is -5.65. The normalized spacial score (nSPS) is 22.2. The Balaban J connectivity index is 0.000000472. The van der Waals surface area contributed by atoms with Crippen LogP contribution in [-0.4, -0.2) is 47.8 Å². The number of halogens is 3. The van der Waals surface area contributed by atoms with E-state index in [9.17, 15) is 18.0 Å². The van der Waals surface area contributed by atoms with Gasteiger partial charge in [-0.15, -0.1) is 0 Å². The van der Waals surface area contributed by atoms with Gasteiger partial charge in [0.25, 0.3) is 0 Å². The van der Waals surface area contributed by atoms with Crippen molar-refractivity contribution in [3.63, 3.8) is 0 Å². The number of hydrogen-bond donors (Lipinski definition) is 1. The number of hydrogen-bond acceptors (Lipinski definition) is 4. The SMILES string of the molecule is C=CC1CCCC[S+]1CC(=O)OCC.O=S(=O)(O)C(F)(F)F. The van der Waals surface area contributed by atoms with Gasteiger partial charge < -0.3 is 4.74 Å². The molecule has 22 heavy (non-hydrogen) atoms. The van der Waals surface area contributed by atoms with E-state index in [0.717, 1.165) is 0 Å². The minimum atomic E-state index is -5.84. The molecule has 0 aromatic carbocycles. The van der Waals surface area contributed by atoms with E-state index in [1.165, 1.54) is 25.0 Å². The quantitative estimate of drug-likeness (QED) is 0.272. The van der Waals surface area contributed by atoms with Gasteiger partial charge in [-0.05, 0) is 32.3 Å². The number of esters is 1. The third-order valence-corrected chi connectivity index (χ3v) is 6.03. The summed E-state index contributed by atoms with van der Waals surface area (Å²) in [6, 6.07) is 0. The topological polar surface area (TPSA) is 80.7 Å². The average Bonchev–Trinajstić information content (AvgIpc) is 2.38. The Morgan fingerprint density at radius 3 is 2.41 bits per heavy atom. The Hall–Kier alpha value is -0.740. The van der Waals surface area contributed by atoms with E-state index < -0.39 is 15.6 Å². The molecule has 0 radical (unpaired) electrons. The molecule has 0 bridgehead atoms. The lowest BCUT2D eigenvalue weighted by Crippen LogP contribution is -2.33. The van der Waals surface area contributed by atoms with Crippen LogP contribution >= 0.6 is 0 Å². The van der Waals surface area contributed by atoms with E-state index in [4.69, 9.17) is 17.7 Å². The highest BCUT2D eigenvalue weighted by atomic mass is 32.2. The molecule has 0 saturated carbocycles. The summed E-state index contributed by atoms with van der Waals surface area (Å²) in [6.45, 7) is 6.19. The Labute approximate surface area is 131 Å². The largest absolute Gasteiger partial charge is 0.522 e. The van der Waals surface area contributed by atoms with E-state index in [1.807, 2.05) is 13.0 Å². The molecule has 1 fully saturated rings. The van der Waals surface area contributed by atoms with E-state index >= 15 is 0 Å². The average molecular weight is 365 g/mol. The molecule has 2 atom stereocenters. The maximum Gasteiger partial charge on any atom is 0.522 e. The summed E-state index contributed by atoms with van der Waals surface area (Å²) in [5, 5.41) is 0.549. The number of carbonyl (C=O) groups excluding carboxylic acids is 1. The van der Waals surface area contributed by atoms with Gasteiger partial charge in [0.2, 0.25) is 5.75 Å². The van der Waals surface area contributed by atoms with Gasteiger partial charge in [0.15, 0.2) is 0 Å². The first-order valence-corrected chi connectivity index (χ1v) is 9.57. The molecule has 0 spiro atoms. The molecule has 0 aromatic rings. The fourth-order valence-corrected chi connectivity index (χ4v) is 4.13. The standard InChI is InChI=1S/C11H19O2S.CHF3O3S/c1-3-10-7-5-6-8-14(10)9-11(12)13-4-2;2-1(3,4)8(5,6)7/h3,10H,1,4-9H2,2H3;(H,5,6,7)/q+1;. The molecule has 1 heterocycles. The summed E-state index contributed by atoms with van der Waals surface area (Å²) in [4.78, 5) is 11.3. The fourth-order valence-electron chi connectivity index (χ4n) is 1.74. The van der Waals surface area contributed by atoms with Crippen molar-refractivity contribution in [3.05, 3.63) is 12.7 Å². The van der Waals surface area contributed by atoms with Crippen molar-refractivity contribution < 1.29 is 35.7 Å². The Morgan fingerprint density at radius 1 is 1.45 bits per heavy atom. The minimum Gasteiger partial charge on any atom is -0.463 e. The maximum atomic E-state index is 11.3. The van der Waals surface area contributed by atoms with Crippen molar-refractivity contribution in [3.8, 4) is 0 Å².